The summed E-state index contributed by atoms with van der Waals surface area (Å²) in [5, 5.41) is 0. The van der Waals surface area contributed by atoms with Gasteiger partial charge in [-0.25, -0.2) is 4.98 Å². The average Bonchev–Trinajstić information content (AvgIpc) is 2.67. The maximum atomic E-state index is 5.90. The summed E-state index contributed by atoms with van der Waals surface area (Å²) < 4.78 is 0.798. The van der Waals surface area contributed by atoms with Gasteiger partial charge >= 0.3 is 0 Å². The Balaban J connectivity index is 2.19. The summed E-state index contributed by atoms with van der Waals surface area (Å²) in [4.78, 5) is 11.4. The van der Waals surface area contributed by atoms with Crippen molar-refractivity contribution in [3.8, 4) is 0 Å². The van der Waals surface area contributed by atoms with Gasteiger partial charge in [0.25, 0.3) is 0 Å². The van der Waals surface area contributed by atoms with E-state index in [1.54, 1.807) is 17.5 Å². The van der Waals surface area contributed by atoms with E-state index in [0.29, 0.717) is 5.95 Å². The standard InChI is InChI=1S/C11H13ClN4S/c1-7-5-14-11(13)15-10(7)16(2)6-8-3-4-9(12)17-8/h3-5H,6H2,1-2H3,(H2,13,14,15). The van der Waals surface area contributed by atoms with Crippen LogP contribution in [0.2, 0.25) is 4.34 Å². The van der Waals surface area contributed by atoms with Gasteiger partial charge in [-0.2, -0.15) is 4.98 Å². The molecule has 90 valence electrons. The van der Waals surface area contributed by atoms with Gasteiger partial charge in [0.15, 0.2) is 0 Å². The fourth-order valence-electron chi connectivity index (χ4n) is 1.58. The van der Waals surface area contributed by atoms with E-state index in [-0.39, 0.29) is 0 Å². The molecule has 0 aliphatic carbocycles. The number of nitrogen functional groups attached to an aromatic ring is 1. The number of hydrogen-bond acceptors (Lipinski definition) is 5. The number of rotatable bonds is 3. The Kier molecular flexibility index (Phi) is 3.49. The number of halogens is 1. The summed E-state index contributed by atoms with van der Waals surface area (Å²) in [6.45, 7) is 2.72. The predicted molar refractivity (Wildman–Crippen MR) is 72.6 cm³/mol. The van der Waals surface area contributed by atoms with E-state index < -0.39 is 0 Å². The minimum atomic E-state index is 0.293. The van der Waals surface area contributed by atoms with Crippen molar-refractivity contribution in [2.75, 3.05) is 17.7 Å². The molecule has 0 aliphatic heterocycles. The average molecular weight is 269 g/mol. The van der Waals surface area contributed by atoms with Crippen LogP contribution in [0, 0.1) is 6.92 Å². The third kappa shape index (κ3) is 2.87. The molecule has 2 rings (SSSR count). The molecule has 4 nitrogen and oxygen atoms in total. The highest BCUT2D eigenvalue weighted by Crippen LogP contribution is 2.24. The fourth-order valence-corrected chi connectivity index (χ4v) is 2.72. The predicted octanol–water partition coefficient (Wildman–Crippen LogP) is 2.72. The van der Waals surface area contributed by atoms with Gasteiger partial charge in [0.1, 0.15) is 5.82 Å². The zero-order chi connectivity index (χ0) is 12.4. The van der Waals surface area contributed by atoms with Crippen molar-refractivity contribution in [3.63, 3.8) is 0 Å². The Morgan fingerprint density at radius 3 is 2.88 bits per heavy atom. The molecule has 0 radical (unpaired) electrons. The van der Waals surface area contributed by atoms with E-state index in [0.717, 1.165) is 22.3 Å². The molecule has 0 bridgehead atoms. The molecule has 0 atom stereocenters. The van der Waals surface area contributed by atoms with Crippen molar-refractivity contribution >= 4 is 34.7 Å². The lowest BCUT2D eigenvalue weighted by Crippen LogP contribution is -2.19. The van der Waals surface area contributed by atoms with Gasteiger partial charge in [-0.15, -0.1) is 11.3 Å². The molecule has 0 saturated heterocycles. The van der Waals surface area contributed by atoms with Crippen LogP contribution >= 0.6 is 22.9 Å². The third-order valence-electron chi connectivity index (χ3n) is 2.35. The van der Waals surface area contributed by atoms with E-state index in [1.165, 1.54) is 4.88 Å². The highest BCUT2D eigenvalue weighted by molar-refractivity contribution is 7.16. The van der Waals surface area contributed by atoms with Crippen LogP contribution in [0.5, 0.6) is 0 Å². The molecule has 0 spiro atoms. The topological polar surface area (TPSA) is 55.0 Å². The van der Waals surface area contributed by atoms with Gasteiger partial charge in [0, 0.05) is 23.7 Å². The molecule has 6 heteroatoms. The SMILES string of the molecule is Cc1cnc(N)nc1N(C)Cc1ccc(Cl)s1. The number of aryl methyl sites for hydroxylation is 1. The minimum Gasteiger partial charge on any atom is -0.368 e. The van der Waals surface area contributed by atoms with Crippen molar-refractivity contribution in [1.82, 2.24) is 9.97 Å². The Hall–Kier alpha value is -1.33. The molecule has 0 unspecified atom stereocenters. The van der Waals surface area contributed by atoms with Crippen LogP contribution in [0.25, 0.3) is 0 Å². The van der Waals surface area contributed by atoms with Crippen LogP contribution in [0.15, 0.2) is 18.3 Å². The fraction of sp³-hybridized carbons (Fsp3) is 0.273. The second kappa shape index (κ2) is 4.89. The first-order valence-corrected chi connectivity index (χ1v) is 6.30. The largest absolute Gasteiger partial charge is 0.368 e. The molecule has 0 aromatic carbocycles. The van der Waals surface area contributed by atoms with Gasteiger partial charge in [0.05, 0.1) is 10.9 Å². The highest BCUT2D eigenvalue weighted by atomic mass is 35.5. The van der Waals surface area contributed by atoms with Crippen molar-refractivity contribution < 1.29 is 0 Å². The van der Waals surface area contributed by atoms with Crippen molar-refractivity contribution in [2.24, 2.45) is 0 Å². The van der Waals surface area contributed by atoms with Gasteiger partial charge in [0.2, 0.25) is 5.95 Å². The maximum absolute atomic E-state index is 5.90. The first-order valence-electron chi connectivity index (χ1n) is 5.10. The molecule has 2 N–H and O–H groups in total. The van der Waals surface area contributed by atoms with Crippen molar-refractivity contribution in [3.05, 3.63) is 33.1 Å². The van der Waals surface area contributed by atoms with Crippen LogP contribution in [-0.2, 0) is 6.54 Å². The molecule has 0 fully saturated rings. The molecule has 0 saturated carbocycles. The second-order valence-corrected chi connectivity index (χ2v) is 5.60. The molecule has 0 aliphatic rings. The van der Waals surface area contributed by atoms with Crippen LogP contribution < -0.4 is 10.6 Å². The Bertz CT molecular complexity index is 526. The summed E-state index contributed by atoms with van der Waals surface area (Å²) in [7, 11) is 1.97. The Morgan fingerprint density at radius 2 is 2.24 bits per heavy atom. The number of thiophene rings is 1. The first-order chi connectivity index (χ1) is 8.06. The lowest BCUT2D eigenvalue weighted by molar-refractivity contribution is 0.898. The number of anilines is 2. The lowest BCUT2D eigenvalue weighted by Gasteiger charge is -2.19. The Labute approximate surface area is 109 Å². The minimum absolute atomic E-state index is 0.293. The molecule has 2 heterocycles. The summed E-state index contributed by atoms with van der Waals surface area (Å²) in [5.74, 6) is 1.14. The van der Waals surface area contributed by atoms with E-state index >= 15 is 0 Å². The van der Waals surface area contributed by atoms with Gasteiger partial charge in [-0.05, 0) is 19.1 Å². The molecular formula is C11H13ClN4S. The molecular weight excluding hydrogens is 256 g/mol. The van der Waals surface area contributed by atoms with Crippen LogP contribution in [0.3, 0.4) is 0 Å². The second-order valence-electron chi connectivity index (χ2n) is 3.80. The Morgan fingerprint density at radius 1 is 1.47 bits per heavy atom. The molecule has 2 aromatic heterocycles. The number of nitrogens with zero attached hydrogens (tertiary/aromatic N) is 3. The number of aromatic nitrogens is 2. The van der Waals surface area contributed by atoms with Crippen LogP contribution in [0.4, 0.5) is 11.8 Å². The first kappa shape index (κ1) is 12.1. The van der Waals surface area contributed by atoms with Gasteiger partial charge < -0.3 is 10.6 Å². The summed E-state index contributed by atoms with van der Waals surface area (Å²) >= 11 is 7.47. The van der Waals surface area contributed by atoms with E-state index in [9.17, 15) is 0 Å². The third-order valence-corrected chi connectivity index (χ3v) is 3.56. The zero-order valence-corrected chi connectivity index (χ0v) is 11.2. The van der Waals surface area contributed by atoms with Crippen molar-refractivity contribution in [2.45, 2.75) is 13.5 Å². The van der Waals surface area contributed by atoms with Crippen LogP contribution in [-0.4, -0.2) is 17.0 Å². The van der Waals surface area contributed by atoms with E-state index in [1.807, 2.05) is 31.0 Å². The summed E-state index contributed by atoms with van der Waals surface area (Å²) in [5.41, 5.74) is 6.60. The van der Waals surface area contributed by atoms with E-state index in [2.05, 4.69) is 9.97 Å². The quantitative estimate of drug-likeness (QED) is 0.930. The van der Waals surface area contributed by atoms with Gasteiger partial charge in [-0.3, -0.25) is 0 Å². The van der Waals surface area contributed by atoms with Gasteiger partial charge in [-0.1, -0.05) is 11.6 Å². The summed E-state index contributed by atoms with van der Waals surface area (Å²) in [6.07, 6.45) is 1.73. The zero-order valence-electron chi connectivity index (χ0n) is 9.64. The molecule has 17 heavy (non-hydrogen) atoms. The van der Waals surface area contributed by atoms with Crippen molar-refractivity contribution in [1.29, 1.82) is 0 Å². The van der Waals surface area contributed by atoms with E-state index in [4.69, 9.17) is 17.3 Å². The monoisotopic (exact) mass is 268 g/mol. The smallest absolute Gasteiger partial charge is 0.221 e. The molecule has 0 amide bonds. The lowest BCUT2D eigenvalue weighted by atomic mass is 10.3. The number of hydrogen-bond donors (Lipinski definition) is 1. The highest BCUT2D eigenvalue weighted by Gasteiger charge is 2.09. The summed E-state index contributed by atoms with van der Waals surface area (Å²) in [6, 6.07) is 3.92. The normalized spacial score (nSPS) is 10.5. The number of nitrogens with two attached hydrogens (primary N) is 1. The molecule has 2 aromatic rings. The maximum Gasteiger partial charge on any atom is 0.221 e. The van der Waals surface area contributed by atoms with Crippen LogP contribution in [0.1, 0.15) is 10.4 Å².